The van der Waals surface area contributed by atoms with Crippen molar-refractivity contribution in [1.29, 1.82) is 0 Å². The highest BCUT2D eigenvalue weighted by Gasteiger charge is 2.29. The Hall–Kier alpha value is -3.52. The summed E-state index contributed by atoms with van der Waals surface area (Å²) in [5, 5.41) is 1.72. The zero-order valence-electron chi connectivity index (χ0n) is 17.4. The maximum absolute atomic E-state index is 13.3. The molecular weight excluding hydrogens is 429 g/mol. The molecule has 164 valence electrons. The molecule has 32 heavy (non-hydrogen) atoms. The van der Waals surface area contributed by atoms with Crippen molar-refractivity contribution in [2.75, 3.05) is 6.54 Å². The summed E-state index contributed by atoms with van der Waals surface area (Å²) in [4.78, 5) is 17.0. The van der Waals surface area contributed by atoms with Crippen LogP contribution < -0.4 is 5.32 Å². The first-order chi connectivity index (χ1) is 15.3. The second kappa shape index (κ2) is 8.92. The Balaban J connectivity index is 1.53. The SMILES string of the molecule is Cc1ccn2cc(CC(=O)NCC(c3ccccc3)S(=O)(=O)c3ccc(F)cc3)nc2c1. The van der Waals surface area contributed by atoms with Gasteiger partial charge in [-0.15, -0.1) is 0 Å². The average molecular weight is 452 g/mol. The monoisotopic (exact) mass is 451 g/mol. The van der Waals surface area contributed by atoms with Gasteiger partial charge in [-0.25, -0.2) is 17.8 Å². The number of sulfone groups is 1. The van der Waals surface area contributed by atoms with E-state index in [-0.39, 0.29) is 23.8 Å². The number of rotatable bonds is 7. The molecular formula is C24H22FN3O3S. The van der Waals surface area contributed by atoms with Crippen molar-refractivity contribution in [2.45, 2.75) is 23.5 Å². The summed E-state index contributed by atoms with van der Waals surface area (Å²) >= 11 is 0. The lowest BCUT2D eigenvalue weighted by Crippen LogP contribution is -2.33. The highest BCUT2D eigenvalue weighted by atomic mass is 32.2. The molecule has 2 aromatic heterocycles. The molecule has 0 aliphatic rings. The summed E-state index contributed by atoms with van der Waals surface area (Å²) in [5.41, 5.74) is 2.94. The number of nitrogens with zero attached hydrogens (tertiary/aromatic N) is 2. The van der Waals surface area contributed by atoms with E-state index in [1.54, 1.807) is 36.5 Å². The standard InChI is InChI=1S/C24H22FN3O3S/c1-17-11-12-28-16-20(27-23(28)13-17)14-24(29)26-15-22(18-5-3-2-4-6-18)32(30,31)21-9-7-19(25)8-10-21/h2-13,16,22H,14-15H2,1H3,(H,26,29). The van der Waals surface area contributed by atoms with Crippen LogP contribution in [0.3, 0.4) is 0 Å². The number of benzene rings is 2. The van der Waals surface area contributed by atoms with Crippen molar-refractivity contribution in [2.24, 2.45) is 0 Å². The topological polar surface area (TPSA) is 80.5 Å². The van der Waals surface area contributed by atoms with Crippen LogP contribution in [0.15, 0.2) is 84.0 Å². The summed E-state index contributed by atoms with van der Waals surface area (Å²) in [5.74, 6) is -0.850. The van der Waals surface area contributed by atoms with E-state index in [4.69, 9.17) is 0 Å². The van der Waals surface area contributed by atoms with Crippen LogP contribution in [0.25, 0.3) is 5.65 Å². The van der Waals surface area contributed by atoms with Crippen LogP contribution in [0, 0.1) is 12.7 Å². The summed E-state index contributed by atoms with van der Waals surface area (Å²) in [6.07, 6.45) is 3.68. The molecule has 1 amide bonds. The van der Waals surface area contributed by atoms with E-state index in [0.29, 0.717) is 11.3 Å². The van der Waals surface area contributed by atoms with Gasteiger partial charge in [-0.1, -0.05) is 30.3 Å². The number of carbonyl (C=O) groups excluding carboxylic acids is 1. The molecule has 1 atom stereocenters. The second-order valence-corrected chi connectivity index (χ2v) is 9.71. The number of aryl methyl sites for hydroxylation is 1. The van der Waals surface area contributed by atoms with Crippen molar-refractivity contribution in [1.82, 2.24) is 14.7 Å². The minimum Gasteiger partial charge on any atom is -0.354 e. The van der Waals surface area contributed by atoms with Gasteiger partial charge in [-0.05, 0) is 54.4 Å². The van der Waals surface area contributed by atoms with Gasteiger partial charge in [-0.2, -0.15) is 0 Å². The van der Waals surface area contributed by atoms with Crippen molar-refractivity contribution >= 4 is 21.4 Å². The summed E-state index contributed by atoms with van der Waals surface area (Å²) in [6, 6.07) is 17.2. The smallest absolute Gasteiger partial charge is 0.226 e. The average Bonchev–Trinajstić information content (AvgIpc) is 3.16. The highest BCUT2D eigenvalue weighted by Crippen LogP contribution is 2.28. The molecule has 0 spiro atoms. The number of imidazole rings is 1. The fraction of sp³-hybridized carbons (Fsp3) is 0.167. The number of carbonyl (C=O) groups is 1. The maximum Gasteiger partial charge on any atom is 0.226 e. The molecule has 1 unspecified atom stereocenters. The molecule has 0 fully saturated rings. The lowest BCUT2D eigenvalue weighted by molar-refractivity contribution is -0.120. The fourth-order valence-electron chi connectivity index (χ4n) is 3.52. The Morgan fingerprint density at radius 3 is 2.53 bits per heavy atom. The highest BCUT2D eigenvalue weighted by molar-refractivity contribution is 7.91. The molecule has 0 aliphatic carbocycles. The van der Waals surface area contributed by atoms with E-state index in [2.05, 4.69) is 10.3 Å². The summed E-state index contributed by atoms with van der Waals surface area (Å²) < 4.78 is 41.7. The third-order valence-electron chi connectivity index (χ3n) is 5.18. The van der Waals surface area contributed by atoms with Gasteiger partial charge in [0.05, 0.1) is 17.0 Å². The Morgan fingerprint density at radius 2 is 1.81 bits per heavy atom. The van der Waals surface area contributed by atoms with Gasteiger partial charge >= 0.3 is 0 Å². The van der Waals surface area contributed by atoms with Gasteiger partial charge in [0, 0.05) is 18.9 Å². The third-order valence-corrected chi connectivity index (χ3v) is 7.30. The van der Waals surface area contributed by atoms with E-state index in [0.717, 1.165) is 23.3 Å². The number of nitrogens with one attached hydrogen (secondary N) is 1. The quantitative estimate of drug-likeness (QED) is 0.435. The minimum atomic E-state index is -3.87. The Bertz CT molecular complexity index is 1350. The van der Waals surface area contributed by atoms with E-state index in [1.807, 2.05) is 29.7 Å². The molecule has 0 saturated carbocycles. The maximum atomic E-state index is 13.3. The predicted molar refractivity (Wildman–Crippen MR) is 119 cm³/mol. The van der Waals surface area contributed by atoms with Gasteiger partial charge in [0.15, 0.2) is 9.84 Å². The lowest BCUT2D eigenvalue weighted by Gasteiger charge is -2.19. The first-order valence-electron chi connectivity index (χ1n) is 10.1. The van der Waals surface area contributed by atoms with Crippen molar-refractivity contribution in [3.05, 3.63) is 102 Å². The number of aromatic nitrogens is 2. The minimum absolute atomic E-state index is 0.00211. The lowest BCUT2D eigenvalue weighted by atomic mass is 10.1. The van der Waals surface area contributed by atoms with Crippen LogP contribution >= 0.6 is 0 Å². The number of halogens is 1. The Labute approximate surface area is 185 Å². The van der Waals surface area contributed by atoms with Crippen LogP contribution in [0.5, 0.6) is 0 Å². The van der Waals surface area contributed by atoms with Gasteiger partial charge in [-0.3, -0.25) is 4.79 Å². The number of amides is 1. The first kappa shape index (κ1) is 21.7. The molecule has 0 bridgehead atoms. The Morgan fingerprint density at radius 1 is 1.09 bits per heavy atom. The van der Waals surface area contributed by atoms with Crippen molar-refractivity contribution in [3.63, 3.8) is 0 Å². The molecule has 0 aliphatic heterocycles. The van der Waals surface area contributed by atoms with Gasteiger partial charge in [0.25, 0.3) is 0 Å². The molecule has 2 aromatic carbocycles. The number of hydrogen-bond acceptors (Lipinski definition) is 4. The van der Waals surface area contributed by atoms with E-state index >= 15 is 0 Å². The zero-order chi connectivity index (χ0) is 22.7. The molecule has 4 rings (SSSR count). The number of pyridine rings is 1. The van der Waals surface area contributed by atoms with E-state index < -0.39 is 20.9 Å². The van der Waals surface area contributed by atoms with Crippen LogP contribution in [0.1, 0.15) is 22.1 Å². The second-order valence-electron chi connectivity index (χ2n) is 7.58. The summed E-state index contributed by atoms with van der Waals surface area (Å²) in [6.45, 7) is 1.85. The zero-order valence-corrected chi connectivity index (χ0v) is 18.2. The molecule has 1 N–H and O–H groups in total. The molecule has 2 heterocycles. The third kappa shape index (κ3) is 4.70. The van der Waals surface area contributed by atoms with Gasteiger partial charge < -0.3 is 9.72 Å². The molecule has 8 heteroatoms. The molecule has 0 radical (unpaired) electrons. The fourth-order valence-corrected chi connectivity index (χ4v) is 5.18. The predicted octanol–water partition coefficient (Wildman–Crippen LogP) is 3.66. The van der Waals surface area contributed by atoms with Crippen molar-refractivity contribution < 1.29 is 17.6 Å². The Kier molecular flexibility index (Phi) is 6.05. The van der Waals surface area contributed by atoms with Crippen LogP contribution in [-0.2, 0) is 21.1 Å². The first-order valence-corrected chi connectivity index (χ1v) is 11.6. The van der Waals surface area contributed by atoms with Gasteiger partial charge in [0.2, 0.25) is 5.91 Å². The largest absolute Gasteiger partial charge is 0.354 e. The normalized spacial score (nSPS) is 12.6. The van der Waals surface area contributed by atoms with Crippen LogP contribution in [0.4, 0.5) is 4.39 Å². The summed E-state index contributed by atoms with van der Waals surface area (Å²) in [7, 11) is -3.87. The number of hydrogen-bond donors (Lipinski definition) is 1. The van der Waals surface area contributed by atoms with Gasteiger partial charge in [0.1, 0.15) is 16.7 Å². The molecule has 4 aromatic rings. The molecule has 6 nitrogen and oxygen atoms in total. The van der Waals surface area contributed by atoms with Crippen LogP contribution in [-0.4, -0.2) is 30.3 Å². The van der Waals surface area contributed by atoms with Crippen LogP contribution in [0.2, 0.25) is 0 Å². The van der Waals surface area contributed by atoms with Crippen molar-refractivity contribution in [3.8, 4) is 0 Å². The van der Waals surface area contributed by atoms with E-state index in [9.17, 15) is 17.6 Å². The van der Waals surface area contributed by atoms with E-state index in [1.165, 1.54) is 12.1 Å². The number of fused-ring (bicyclic) bond motifs is 1. The molecule has 0 saturated heterocycles.